The average Bonchev–Trinajstić information content (AvgIpc) is 2.92. The van der Waals surface area contributed by atoms with Crippen LogP contribution in [-0.4, -0.2) is 19.9 Å². The third-order valence-electron chi connectivity index (χ3n) is 2.81. The Hall–Kier alpha value is -1.44. The topological polar surface area (TPSA) is 71.1 Å². The van der Waals surface area contributed by atoms with Gasteiger partial charge in [-0.25, -0.2) is 13.4 Å². The van der Waals surface area contributed by atoms with Gasteiger partial charge in [0.25, 0.3) is 0 Å². The zero-order chi connectivity index (χ0) is 15.1. The van der Waals surface area contributed by atoms with Crippen LogP contribution in [0.5, 0.6) is 0 Å². The van der Waals surface area contributed by atoms with Crippen LogP contribution in [-0.2, 0) is 22.3 Å². The lowest BCUT2D eigenvalue weighted by atomic mass is 10.1. The van der Waals surface area contributed by atoms with E-state index in [0.717, 1.165) is 30.6 Å². The van der Waals surface area contributed by atoms with Crippen LogP contribution in [0.15, 0.2) is 35.8 Å². The Morgan fingerprint density at radius 3 is 2.52 bits per heavy atom. The number of hydrogen-bond donors (Lipinski definition) is 2. The molecule has 0 radical (unpaired) electrons. The molecule has 0 aliphatic rings. The number of hydrogen-bond acceptors (Lipinski definition) is 5. The minimum Gasteiger partial charge on any atom is -0.313 e. The van der Waals surface area contributed by atoms with Crippen molar-refractivity contribution in [2.24, 2.45) is 0 Å². The molecule has 7 heteroatoms. The number of sulfonamides is 1. The third-order valence-corrected chi connectivity index (χ3v) is 4.85. The molecule has 0 unspecified atom stereocenters. The van der Waals surface area contributed by atoms with Gasteiger partial charge < -0.3 is 5.32 Å². The van der Waals surface area contributed by atoms with Gasteiger partial charge in [0.05, 0.1) is 5.75 Å². The molecule has 0 atom stereocenters. The highest BCUT2D eigenvalue weighted by atomic mass is 32.2. The maximum Gasteiger partial charge on any atom is 0.238 e. The van der Waals surface area contributed by atoms with Gasteiger partial charge in [0.15, 0.2) is 5.13 Å². The standard InChI is InChI=1S/C14H19N3O2S2/c1-2-7-15-10-12-3-5-13(6-4-12)11-21(18,19)17-14-16-8-9-20-14/h3-6,8-9,15H,2,7,10-11H2,1H3,(H,16,17). The molecule has 0 aliphatic carbocycles. The van der Waals surface area contributed by atoms with Gasteiger partial charge in [0.2, 0.25) is 10.0 Å². The van der Waals surface area contributed by atoms with Gasteiger partial charge in [-0.3, -0.25) is 4.72 Å². The van der Waals surface area contributed by atoms with E-state index in [0.29, 0.717) is 5.13 Å². The zero-order valence-electron chi connectivity index (χ0n) is 11.9. The zero-order valence-corrected chi connectivity index (χ0v) is 13.5. The first-order chi connectivity index (χ1) is 10.1. The molecule has 0 amide bonds. The monoisotopic (exact) mass is 325 g/mol. The lowest BCUT2D eigenvalue weighted by Gasteiger charge is -2.07. The normalized spacial score (nSPS) is 11.5. The predicted molar refractivity (Wildman–Crippen MR) is 86.8 cm³/mol. The Bertz CT molecular complexity index is 637. The second kappa shape index (κ2) is 7.53. The van der Waals surface area contributed by atoms with E-state index in [1.54, 1.807) is 11.6 Å². The van der Waals surface area contributed by atoms with Crippen molar-refractivity contribution < 1.29 is 8.42 Å². The van der Waals surface area contributed by atoms with Crippen molar-refractivity contribution in [1.29, 1.82) is 0 Å². The average molecular weight is 325 g/mol. The van der Waals surface area contributed by atoms with E-state index in [4.69, 9.17) is 0 Å². The van der Waals surface area contributed by atoms with Crippen molar-refractivity contribution in [1.82, 2.24) is 10.3 Å². The second-order valence-corrected chi connectivity index (χ2v) is 7.31. The number of benzene rings is 1. The fraction of sp³-hybridized carbons (Fsp3) is 0.357. The van der Waals surface area contributed by atoms with Gasteiger partial charge in [0, 0.05) is 18.1 Å². The van der Waals surface area contributed by atoms with E-state index >= 15 is 0 Å². The number of aromatic nitrogens is 1. The first-order valence-electron chi connectivity index (χ1n) is 6.77. The summed E-state index contributed by atoms with van der Waals surface area (Å²) in [7, 11) is -3.41. The van der Waals surface area contributed by atoms with Crippen LogP contribution in [0.1, 0.15) is 24.5 Å². The van der Waals surface area contributed by atoms with Crippen LogP contribution in [0.2, 0.25) is 0 Å². The first kappa shape index (κ1) is 15.9. The summed E-state index contributed by atoms with van der Waals surface area (Å²) >= 11 is 1.26. The smallest absolute Gasteiger partial charge is 0.238 e. The summed E-state index contributed by atoms with van der Waals surface area (Å²) in [6.45, 7) is 3.91. The van der Waals surface area contributed by atoms with Gasteiger partial charge in [-0.2, -0.15) is 0 Å². The minimum absolute atomic E-state index is 0.0464. The molecule has 21 heavy (non-hydrogen) atoms. The molecule has 114 valence electrons. The summed E-state index contributed by atoms with van der Waals surface area (Å²) in [5.74, 6) is -0.0464. The third kappa shape index (κ3) is 5.45. The molecule has 0 fully saturated rings. The number of rotatable bonds is 8. The Balaban J connectivity index is 1.93. The van der Waals surface area contributed by atoms with E-state index in [2.05, 4.69) is 21.9 Å². The summed E-state index contributed by atoms with van der Waals surface area (Å²) in [6.07, 6.45) is 2.67. The highest BCUT2D eigenvalue weighted by Crippen LogP contribution is 2.15. The molecule has 0 bridgehead atoms. The van der Waals surface area contributed by atoms with Crippen LogP contribution in [0.3, 0.4) is 0 Å². The highest BCUT2D eigenvalue weighted by molar-refractivity contribution is 7.92. The molecule has 5 nitrogen and oxygen atoms in total. The fourth-order valence-corrected chi connectivity index (χ4v) is 3.79. The molecule has 0 aliphatic heterocycles. The number of nitrogens with zero attached hydrogens (tertiary/aromatic N) is 1. The Morgan fingerprint density at radius 1 is 1.19 bits per heavy atom. The van der Waals surface area contributed by atoms with Crippen LogP contribution in [0.25, 0.3) is 0 Å². The van der Waals surface area contributed by atoms with E-state index in [-0.39, 0.29) is 5.75 Å². The molecule has 0 saturated heterocycles. The molecular formula is C14H19N3O2S2. The first-order valence-corrected chi connectivity index (χ1v) is 9.31. The van der Waals surface area contributed by atoms with Gasteiger partial charge in [-0.1, -0.05) is 31.2 Å². The molecule has 0 spiro atoms. The molecule has 1 aromatic carbocycles. The summed E-state index contributed by atoms with van der Waals surface area (Å²) in [5.41, 5.74) is 1.91. The highest BCUT2D eigenvalue weighted by Gasteiger charge is 2.12. The van der Waals surface area contributed by atoms with Gasteiger partial charge in [-0.05, 0) is 24.1 Å². The molecule has 0 saturated carbocycles. The van der Waals surface area contributed by atoms with Crippen LogP contribution >= 0.6 is 11.3 Å². The molecule has 2 rings (SSSR count). The SMILES string of the molecule is CCCNCc1ccc(CS(=O)(=O)Nc2nccs2)cc1. The van der Waals surface area contributed by atoms with Crippen molar-refractivity contribution >= 4 is 26.5 Å². The van der Waals surface area contributed by atoms with Crippen LogP contribution < -0.4 is 10.0 Å². The van der Waals surface area contributed by atoms with E-state index < -0.39 is 10.0 Å². The van der Waals surface area contributed by atoms with Crippen molar-refractivity contribution in [3.63, 3.8) is 0 Å². The largest absolute Gasteiger partial charge is 0.313 e. The number of thiazole rings is 1. The molecule has 2 aromatic rings. The van der Waals surface area contributed by atoms with Crippen molar-refractivity contribution in [3.8, 4) is 0 Å². The summed E-state index contributed by atoms with van der Waals surface area (Å²) in [5, 5.41) is 5.44. The predicted octanol–water partition coefficient (Wildman–Crippen LogP) is 2.58. The van der Waals surface area contributed by atoms with Gasteiger partial charge >= 0.3 is 0 Å². The van der Waals surface area contributed by atoms with E-state index in [1.807, 2.05) is 24.3 Å². The summed E-state index contributed by atoms with van der Waals surface area (Å²) in [6, 6.07) is 7.61. The summed E-state index contributed by atoms with van der Waals surface area (Å²) in [4.78, 5) is 3.92. The van der Waals surface area contributed by atoms with Crippen molar-refractivity contribution in [3.05, 3.63) is 47.0 Å². The van der Waals surface area contributed by atoms with E-state index in [9.17, 15) is 8.42 Å². The Kier molecular flexibility index (Phi) is 5.72. The van der Waals surface area contributed by atoms with Gasteiger partial charge in [0.1, 0.15) is 0 Å². The van der Waals surface area contributed by atoms with E-state index in [1.165, 1.54) is 11.3 Å². The lowest BCUT2D eigenvalue weighted by Crippen LogP contribution is -2.15. The van der Waals surface area contributed by atoms with Gasteiger partial charge in [-0.15, -0.1) is 11.3 Å². The lowest BCUT2D eigenvalue weighted by molar-refractivity contribution is 0.600. The minimum atomic E-state index is -3.41. The Morgan fingerprint density at radius 2 is 1.90 bits per heavy atom. The molecular weight excluding hydrogens is 306 g/mol. The molecule has 1 aromatic heterocycles. The quantitative estimate of drug-likeness (QED) is 0.732. The fourth-order valence-electron chi connectivity index (χ4n) is 1.83. The van der Waals surface area contributed by atoms with Crippen LogP contribution in [0, 0.1) is 0 Å². The second-order valence-electron chi connectivity index (χ2n) is 4.69. The number of anilines is 1. The molecule has 2 N–H and O–H groups in total. The maximum atomic E-state index is 12.0. The maximum absolute atomic E-state index is 12.0. The van der Waals surface area contributed by atoms with Crippen molar-refractivity contribution in [2.45, 2.75) is 25.6 Å². The molecule has 1 heterocycles. The number of nitrogens with one attached hydrogen (secondary N) is 2. The Labute approximate surface area is 129 Å². The van der Waals surface area contributed by atoms with Crippen molar-refractivity contribution in [2.75, 3.05) is 11.3 Å². The van der Waals surface area contributed by atoms with Crippen LogP contribution in [0.4, 0.5) is 5.13 Å². The summed E-state index contributed by atoms with van der Waals surface area (Å²) < 4.78 is 26.5.